The number of aryl methyl sites for hydroxylation is 1. The van der Waals surface area contributed by atoms with Crippen molar-refractivity contribution in [3.05, 3.63) is 41.3 Å². The molecular formula is C12H16O3S. The van der Waals surface area contributed by atoms with Gasteiger partial charge in [0, 0.05) is 24.5 Å². The Bertz CT molecular complexity index is 366. The van der Waals surface area contributed by atoms with Crippen LogP contribution in [0, 0.1) is 6.92 Å². The van der Waals surface area contributed by atoms with Crippen LogP contribution < -0.4 is 0 Å². The number of rotatable bonds is 5. The SMILES string of the molecule is COC(/C=C/S(=O)c1ccc(C)cc1)OC. The predicted octanol–water partition coefficient (Wildman–Crippen LogP) is 2.24. The maximum absolute atomic E-state index is 11.8. The molecule has 0 heterocycles. The lowest BCUT2D eigenvalue weighted by molar-refractivity contribution is -0.0664. The minimum absolute atomic E-state index is 0.450. The van der Waals surface area contributed by atoms with Gasteiger partial charge in [-0.15, -0.1) is 0 Å². The van der Waals surface area contributed by atoms with E-state index in [0.717, 1.165) is 10.5 Å². The molecule has 16 heavy (non-hydrogen) atoms. The van der Waals surface area contributed by atoms with E-state index in [1.54, 1.807) is 11.5 Å². The maximum atomic E-state index is 11.8. The van der Waals surface area contributed by atoms with Crippen LogP contribution in [0.4, 0.5) is 0 Å². The van der Waals surface area contributed by atoms with Gasteiger partial charge in [0.1, 0.15) is 0 Å². The van der Waals surface area contributed by atoms with Gasteiger partial charge in [0.2, 0.25) is 0 Å². The summed E-state index contributed by atoms with van der Waals surface area (Å²) in [5.41, 5.74) is 1.15. The van der Waals surface area contributed by atoms with E-state index in [1.807, 2.05) is 31.2 Å². The van der Waals surface area contributed by atoms with Crippen LogP contribution in [-0.2, 0) is 20.3 Å². The Morgan fingerprint density at radius 3 is 2.25 bits per heavy atom. The Hall–Kier alpha value is -0.970. The van der Waals surface area contributed by atoms with Crippen molar-refractivity contribution in [2.24, 2.45) is 0 Å². The highest BCUT2D eigenvalue weighted by Crippen LogP contribution is 2.09. The number of methoxy groups -OCH3 is 2. The molecule has 1 atom stereocenters. The molecule has 1 unspecified atom stereocenters. The van der Waals surface area contributed by atoms with Gasteiger partial charge in [0.05, 0.1) is 10.8 Å². The zero-order valence-corrected chi connectivity index (χ0v) is 10.5. The monoisotopic (exact) mass is 240 g/mol. The largest absolute Gasteiger partial charge is 0.352 e. The third-order valence-electron chi connectivity index (χ3n) is 2.08. The van der Waals surface area contributed by atoms with Crippen LogP contribution in [-0.4, -0.2) is 24.7 Å². The Balaban J connectivity index is 2.68. The smallest absolute Gasteiger partial charge is 0.177 e. The summed E-state index contributed by atoms with van der Waals surface area (Å²) in [6.07, 6.45) is 1.19. The van der Waals surface area contributed by atoms with Crippen molar-refractivity contribution in [2.75, 3.05) is 14.2 Å². The first kappa shape index (κ1) is 13.1. The maximum Gasteiger partial charge on any atom is 0.177 e. The first-order chi connectivity index (χ1) is 7.67. The van der Waals surface area contributed by atoms with Gasteiger partial charge in [-0.05, 0) is 25.1 Å². The molecule has 0 bridgehead atoms. The summed E-state index contributed by atoms with van der Waals surface area (Å²) in [5.74, 6) is 0. The van der Waals surface area contributed by atoms with Crippen molar-refractivity contribution < 1.29 is 13.7 Å². The Labute approximate surface area is 98.5 Å². The van der Waals surface area contributed by atoms with Crippen molar-refractivity contribution in [3.8, 4) is 0 Å². The lowest BCUT2D eigenvalue weighted by Crippen LogP contribution is -2.08. The molecule has 0 N–H and O–H groups in total. The van der Waals surface area contributed by atoms with Crippen LogP contribution in [0.5, 0.6) is 0 Å². The van der Waals surface area contributed by atoms with Crippen LogP contribution in [0.15, 0.2) is 40.6 Å². The van der Waals surface area contributed by atoms with Crippen LogP contribution in [0.1, 0.15) is 5.56 Å². The van der Waals surface area contributed by atoms with E-state index < -0.39 is 17.1 Å². The predicted molar refractivity (Wildman–Crippen MR) is 64.5 cm³/mol. The third kappa shape index (κ3) is 3.89. The summed E-state index contributed by atoms with van der Waals surface area (Å²) in [7, 11) is 1.91. The molecule has 0 saturated heterocycles. The van der Waals surface area contributed by atoms with Crippen molar-refractivity contribution in [1.29, 1.82) is 0 Å². The zero-order chi connectivity index (χ0) is 12.0. The number of hydrogen-bond donors (Lipinski definition) is 0. The molecule has 0 aliphatic rings. The van der Waals surface area contributed by atoms with Gasteiger partial charge in [-0.3, -0.25) is 0 Å². The number of ether oxygens (including phenoxy) is 2. The van der Waals surface area contributed by atoms with Gasteiger partial charge >= 0.3 is 0 Å². The van der Waals surface area contributed by atoms with E-state index in [9.17, 15) is 4.21 Å². The van der Waals surface area contributed by atoms with Crippen molar-refractivity contribution in [1.82, 2.24) is 0 Å². The minimum atomic E-state index is -1.16. The molecule has 0 spiro atoms. The Morgan fingerprint density at radius 1 is 1.19 bits per heavy atom. The lowest BCUT2D eigenvalue weighted by atomic mass is 10.2. The second kappa shape index (κ2) is 6.58. The summed E-state index contributed by atoms with van der Waals surface area (Å²) in [4.78, 5) is 0.771. The van der Waals surface area contributed by atoms with Gasteiger partial charge in [-0.1, -0.05) is 17.7 Å². The molecule has 0 saturated carbocycles. The molecule has 0 aliphatic carbocycles. The summed E-state index contributed by atoms with van der Waals surface area (Å²) in [6, 6.07) is 7.57. The summed E-state index contributed by atoms with van der Waals surface area (Å²) in [5, 5.41) is 1.57. The highest BCUT2D eigenvalue weighted by molar-refractivity contribution is 7.88. The fourth-order valence-electron chi connectivity index (χ4n) is 1.14. The molecule has 1 rings (SSSR count). The lowest BCUT2D eigenvalue weighted by Gasteiger charge is -2.07. The molecule has 0 radical (unpaired) electrons. The summed E-state index contributed by atoms with van der Waals surface area (Å²) >= 11 is 0. The van der Waals surface area contributed by atoms with Crippen LogP contribution in [0.2, 0.25) is 0 Å². The number of benzene rings is 1. The fraction of sp³-hybridized carbons (Fsp3) is 0.333. The second-order valence-electron chi connectivity index (χ2n) is 3.28. The molecule has 0 aliphatic heterocycles. The Morgan fingerprint density at radius 2 is 1.75 bits per heavy atom. The van der Waals surface area contributed by atoms with Gasteiger partial charge in [-0.25, -0.2) is 4.21 Å². The highest BCUT2D eigenvalue weighted by Gasteiger charge is 2.02. The van der Waals surface area contributed by atoms with Crippen LogP contribution >= 0.6 is 0 Å². The second-order valence-corrected chi connectivity index (χ2v) is 4.62. The quantitative estimate of drug-likeness (QED) is 0.740. The molecule has 4 heteroatoms. The molecule has 88 valence electrons. The van der Waals surface area contributed by atoms with Crippen molar-refractivity contribution >= 4 is 10.8 Å². The van der Waals surface area contributed by atoms with Crippen LogP contribution in [0.25, 0.3) is 0 Å². The fourth-order valence-corrected chi connectivity index (χ4v) is 1.97. The van der Waals surface area contributed by atoms with E-state index >= 15 is 0 Å². The van der Waals surface area contributed by atoms with E-state index in [4.69, 9.17) is 9.47 Å². The zero-order valence-electron chi connectivity index (χ0n) is 9.67. The third-order valence-corrected chi connectivity index (χ3v) is 3.22. The topological polar surface area (TPSA) is 35.5 Å². The van der Waals surface area contributed by atoms with Crippen molar-refractivity contribution in [2.45, 2.75) is 18.1 Å². The molecular weight excluding hydrogens is 224 g/mol. The average Bonchev–Trinajstić information content (AvgIpc) is 2.31. The minimum Gasteiger partial charge on any atom is -0.352 e. The molecule has 0 fully saturated rings. The molecule has 3 nitrogen and oxygen atoms in total. The normalized spacial score (nSPS) is 13.5. The standard InChI is InChI=1S/C12H16O3S/c1-10-4-6-11(7-5-10)16(13)9-8-12(14-2)15-3/h4-9,12H,1-3H3/b9-8+. The molecule has 1 aromatic rings. The Kier molecular flexibility index (Phi) is 5.38. The first-order valence-electron chi connectivity index (χ1n) is 4.88. The average molecular weight is 240 g/mol. The van der Waals surface area contributed by atoms with Crippen molar-refractivity contribution in [3.63, 3.8) is 0 Å². The van der Waals surface area contributed by atoms with Gasteiger partial charge < -0.3 is 9.47 Å². The molecule has 1 aromatic carbocycles. The van der Waals surface area contributed by atoms with E-state index in [2.05, 4.69) is 0 Å². The van der Waals surface area contributed by atoms with Gasteiger partial charge in [-0.2, -0.15) is 0 Å². The molecule has 0 amide bonds. The summed E-state index contributed by atoms with van der Waals surface area (Å²) in [6.45, 7) is 1.99. The number of hydrogen-bond acceptors (Lipinski definition) is 3. The van der Waals surface area contributed by atoms with E-state index in [0.29, 0.717) is 0 Å². The van der Waals surface area contributed by atoms with E-state index in [-0.39, 0.29) is 0 Å². The van der Waals surface area contributed by atoms with E-state index in [1.165, 1.54) is 14.2 Å². The summed E-state index contributed by atoms with van der Waals surface area (Å²) < 4.78 is 21.7. The van der Waals surface area contributed by atoms with Crippen LogP contribution in [0.3, 0.4) is 0 Å². The molecule has 0 aromatic heterocycles. The highest BCUT2D eigenvalue weighted by atomic mass is 32.2. The first-order valence-corrected chi connectivity index (χ1v) is 6.10. The van der Waals surface area contributed by atoms with Gasteiger partial charge in [0.15, 0.2) is 6.29 Å². The van der Waals surface area contributed by atoms with Gasteiger partial charge in [0.25, 0.3) is 0 Å².